The Morgan fingerprint density at radius 2 is 2.05 bits per heavy atom. The number of aryl methyl sites for hydroxylation is 1. The molecule has 0 radical (unpaired) electrons. The van der Waals surface area contributed by atoms with E-state index >= 15 is 0 Å². The predicted octanol–water partition coefficient (Wildman–Crippen LogP) is 2.91. The number of anilines is 1. The van der Waals surface area contributed by atoms with E-state index in [0.29, 0.717) is 11.1 Å². The molecule has 0 aliphatic carbocycles. The van der Waals surface area contributed by atoms with Gasteiger partial charge in [0.2, 0.25) is 16.4 Å². The van der Waals surface area contributed by atoms with Crippen LogP contribution in [-0.2, 0) is 6.42 Å². The zero-order valence-corrected chi connectivity index (χ0v) is 12.9. The molecule has 0 atom stereocenters. The molecular formula is C10H13ClN6S2. The highest BCUT2D eigenvalue weighted by Gasteiger charge is 2.10. The lowest BCUT2D eigenvalue weighted by atomic mass is 10.5. The number of nitrogens with one attached hydrogen (secondary N) is 1. The van der Waals surface area contributed by atoms with Gasteiger partial charge in [-0.1, -0.05) is 13.8 Å². The molecule has 0 aliphatic heterocycles. The van der Waals surface area contributed by atoms with Crippen molar-refractivity contribution >= 4 is 40.8 Å². The van der Waals surface area contributed by atoms with Crippen molar-refractivity contribution in [2.45, 2.75) is 36.2 Å². The third kappa shape index (κ3) is 4.26. The summed E-state index contributed by atoms with van der Waals surface area (Å²) in [5.74, 6) is 1.32. The first kappa shape index (κ1) is 14.4. The molecule has 2 aromatic heterocycles. The molecule has 0 aromatic carbocycles. The third-order valence-electron chi connectivity index (χ3n) is 2.06. The molecule has 2 rings (SSSR count). The highest BCUT2D eigenvalue weighted by molar-refractivity contribution is 8.00. The fourth-order valence-corrected chi connectivity index (χ4v) is 2.96. The molecule has 1 N–H and O–H groups in total. The van der Waals surface area contributed by atoms with Gasteiger partial charge in [0.15, 0.2) is 4.34 Å². The molecule has 0 fully saturated rings. The summed E-state index contributed by atoms with van der Waals surface area (Å²) in [5, 5.41) is 3.79. The molecule has 0 amide bonds. The third-order valence-corrected chi connectivity index (χ3v) is 3.89. The Morgan fingerprint density at radius 1 is 1.21 bits per heavy atom. The van der Waals surface area contributed by atoms with Crippen LogP contribution in [0.4, 0.5) is 5.95 Å². The summed E-state index contributed by atoms with van der Waals surface area (Å²) in [5.41, 5.74) is 0. The van der Waals surface area contributed by atoms with E-state index < -0.39 is 0 Å². The second-order valence-electron chi connectivity index (χ2n) is 3.57. The fraction of sp³-hybridized carbons (Fsp3) is 0.500. The SMILES string of the molecule is CCCNc1nc(Cl)nc(Sc2nc(CC)ns2)n1. The smallest absolute Gasteiger partial charge is 0.228 e. The van der Waals surface area contributed by atoms with Crippen molar-refractivity contribution in [3.05, 3.63) is 11.1 Å². The Balaban J connectivity index is 2.12. The summed E-state index contributed by atoms with van der Waals surface area (Å²) in [4.78, 5) is 16.7. The Morgan fingerprint density at radius 3 is 2.74 bits per heavy atom. The van der Waals surface area contributed by atoms with Crippen LogP contribution in [0, 0.1) is 0 Å². The van der Waals surface area contributed by atoms with Crippen LogP contribution in [0.25, 0.3) is 0 Å². The first-order valence-electron chi connectivity index (χ1n) is 5.87. The molecule has 0 bridgehead atoms. The van der Waals surface area contributed by atoms with Crippen LogP contribution in [0.1, 0.15) is 26.1 Å². The van der Waals surface area contributed by atoms with Crippen LogP contribution < -0.4 is 5.32 Å². The van der Waals surface area contributed by atoms with Gasteiger partial charge in [-0.25, -0.2) is 4.98 Å². The van der Waals surface area contributed by atoms with E-state index in [0.717, 1.165) is 29.6 Å². The van der Waals surface area contributed by atoms with Gasteiger partial charge in [-0.15, -0.1) is 0 Å². The van der Waals surface area contributed by atoms with Gasteiger partial charge in [0, 0.05) is 13.0 Å². The highest BCUT2D eigenvalue weighted by atomic mass is 35.5. The fourth-order valence-electron chi connectivity index (χ4n) is 1.19. The van der Waals surface area contributed by atoms with Gasteiger partial charge < -0.3 is 5.32 Å². The molecule has 0 spiro atoms. The van der Waals surface area contributed by atoms with Crippen LogP contribution in [0.2, 0.25) is 5.28 Å². The molecule has 102 valence electrons. The molecule has 0 aliphatic rings. The number of aromatic nitrogens is 5. The second-order valence-corrected chi connectivity index (χ2v) is 5.87. The van der Waals surface area contributed by atoms with Crippen molar-refractivity contribution in [1.82, 2.24) is 24.3 Å². The molecule has 0 saturated carbocycles. The summed E-state index contributed by atoms with van der Waals surface area (Å²) in [6, 6.07) is 0. The van der Waals surface area contributed by atoms with E-state index in [-0.39, 0.29) is 5.28 Å². The molecule has 6 nitrogen and oxygen atoms in total. The number of nitrogens with zero attached hydrogens (tertiary/aromatic N) is 5. The zero-order valence-electron chi connectivity index (χ0n) is 10.6. The van der Waals surface area contributed by atoms with Gasteiger partial charge in [-0.05, 0) is 41.3 Å². The normalized spacial score (nSPS) is 10.7. The van der Waals surface area contributed by atoms with Gasteiger partial charge in [0.05, 0.1) is 0 Å². The van der Waals surface area contributed by atoms with Crippen molar-refractivity contribution in [3.63, 3.8) is 0 Å². The van der Waals surface area contributed by atoms with Crippen molar-refractivity contribution in [2.24, 2.45) is 0 Å². The van der Waals surface area contributed by atoms with Gasteiger partial charge in [-0.3, -0.25) is 0 Å². The lowest BCUT2D eigenvalue weighted by Crippen LogP contribution is -2.06. The second kappa shape index (κ2) is 6.97. The van der Waals surface area contributed by atoms with Crippen molar-refractivity contribution in [2.75, 3.05) is 11.9 Å². The average molecular weight is 317 g/mol. The zero-order chi connectivity index (χ0) is 13.7. The molecule has 0 saturated heterocycles. The standard InChI is InChI=1S/C10H13ClN6S2/c1-3-5-12-8-14-7(11)15-9(16-8)18-10-13-6(4-2)17-19-10/h3-5H2,1-2H3,(H,12,14,15,16). The predicted molar refractivity (Wildman–Crippen MR) is 77.0 cm³/mol. The van der Waals surface area contributed by atoms with Gasteiger partial charge in [0.1, 0.15) is 5.82 Å². The largest absolute Gasteiger partial charge is 0.354 e. The van der Waals surface area contributed by atoms with Crippen LogP contribution in [0.5, 0.6) is 0 Å². The van der Waals surface area contributed by atoms with Gasteiger partial charge >= 0.3 is 0 Å². The van der Waals surface area contributed by atoms with E-state index in [4.69, 9.17) is 11.6 Å². The van der Waals surface area contributed by atoms with Crippen LogP contribution in [-0.4, -0.2) is 30.9 Å². The molecule has 0 unspecified atom stereocenters. The Labute approximate surface area is 124 Å². The van der Waals surface area contributed by atoms with Crippen molar-refractivity contribution in [1.29, 1.82) is 0 Å². The van der Waals surface area contributed by atoms with Crippen molar-refractivity contribution in [3.8, 4) is 0 Å². The maximum atomic E-state index is 5.88. The van der Waals surface area contributed by atoms with E-state index in [1.54, 1.807) is 0 Å². The van der Waals surface area contributed by atoms with Crippen LogP contribution in [0.15, 0.2) is 9.50 Å². The minimum atomic E-state index is 0.177. The Bertz CT molecular complexity index is 547. The topological polar surface area (TPSA) is 76.5 Å². The summed E-state index contributed by atoms with van der Waals surface area (Å²) < 4.78 is 5.02. The Hall–Kier alpha value is -0.990. The number of rotatable bonds is 6. The molecule has 9 heteroatoms. The highest BCUT2D eigenvalue weighted by Crippen LogP contribution is 2.27. The average Bonchev–Trinajstić information content (AvgIpc) is 2.83. The maximum Gasteiger partial charge on any atom is 0.228 e. The first-order valence-corrected chi connectivity index (χ1v) is 7.84. The van der Waals surface area contributed by atoms with E-state index in [2.05, 4.69) is 36.5 Å². The molecular weight excluding hydrogens is 304 g/mol. The molecule has 2 aromatic rings. The van der Waals surface area contributed by atoms with Crippen LogP contribution >= 0.6 is 34.9 Å². The number of hydrogen-bond acceptors (Lipinski definition) is 8. The Kier molecular flexibility index (Phi) is 5.29. The van der Waals surface area contributed by atoms with Crippen molar-refractivity contribution < 1.29 is 0 Å². The monoisotopic (exact) mass is 316 g/mol. The van der Waals surface area contributed by atoms with Gasteiger partial charge in [-0.2, -0.15) is 19.3 Å². The number of halogens is 1. The van der Waals surface area contributed by atoms with Gasteiger partial charge in [0.25, 0.3) is 0 Å². The van der Waals surface area contributed by atoms with E-state index in [9.17, 15) is 0 Å². The quantitative estimate of drug-likeness (QED) is 0.878. The van der Waals surface area contributed by atoms with E-state index in [1.165, 1.54) is 23.3 Å². The summed E-state index contributed by atoms with van der Waals surface area (Å²) >= 11 is 8.56. The summed E-state index contributed by atoms with van der Waals surface area (Å²) in [6.45, 7) is 4.88. The molecule has 19 heavy (non-hydrogen) atoms. The number of hydrogen-bond donors (Lipinski definition) is 1. The summed E-state index contributed by atoms with van der Waals surface area (Å²) in [7, 11) is 0. The minimum absolute atomic E-state index is 0.177. The summed E-state index contributed by atoms with van der Waals surface area (Å²) in [6.07, 6.45) is 1.81. The van der Waals surface area contributed by atoms with Crippen LogP contribution in [0.3, 0.4) is 0 Å². The molecule has 2 heterocycles. The minimum Gasteiger partial charge on any atom is -0.354 e. The lowest BCUT2D eigenvalue weighted by Gasteiger charge is -2.03. The first-order chi connectivity index (χ1) is 9.21. The maximum absolute atomic E-state index is 5.88. The van der Waals surface area contributed by atoms with E-state index in [1.807, 2.05) is 6.92 Å². The lowest BCUT2D eigenvalue weighted by molar-refractivity contribution is 0.876.